The molecule has 6 atom stereocenters. The summed E-state index contributed by atoms with van der Waals surface area (Å²) in [6.45, 7) is 1.41. The van der Waals surface area contributed by atoms with Crippen LogP contribution in [-0.2, 0) is 37.0 Å². The summed E-state index contributed by atoms with van der Waals surface area (Å²) in [4.78, 5) is 77.6. The molecule has 1 saturated heterocycles. The van der Waals surface area contributed by atoms with Gasteiger partial charge in [0.25, 0.3) is 7.82 Å². The van der Waals surface area contributed by atoms with Crippen LogP contribution in [0.3, 0.4) is 0 Å². The van der Waals surface area contributed by atoms with Gasteiger partial charge in [-0.3, -0.25) is 13.7 Å². The van der Waals surface area contributed by atoms with Crippen LogP contribution >= 0.6 is 15.4 Å². The summed E-state index contributed by atoms with van der Waals surface area (Å²) in [5.41, 5.74) is -0.596. The van der Waals surface area contributed by atoms with Crippen LogP contribution in [0.4, 0.5) is 5.82 Å². The van der Waals surface area contributed by atoms with Crippen LogP contribution in [0.5, 0.6) is 0 Å². The van der Waals surface area contributed by atoms with Gasteiger partial charge in [0.2, 0.25) is 12.3 Å². The average molecular weight is 709 g/mol. The molecule has 19 heteroatoms. The van der Waals surface area contributed by atoms with Gasteiger partial charge in [-0.05, 0) is 30.7 Å². The van der Waals surface area contributed by atoms with E-state index in [4.69, 9.17) is 23.8 Å². The Morgan fingerprint density at radius 3 is 2.08 bits per heavy atom. The lowest BCUT2D eigenvalue weighted by atomic mass is 10.1. The molecule has 3 unspecified atom stereocenters. The minimum Gasteiger partial charge on any atom is -0.778 e. The third kappa shape index (κ3) is 10.1. The van der Waals surface area contributed by atoms with Crippen molar-refractivity contribution in [1.29, 1.82) is 0 Å². The molecule has 2 aromatic carbocycles. The standard InChI is InChI=1S/C29H33N3O14P2/c1-2-15-30-22-13-16-32(29(37)31-22)26-25(45-28(36)20-11-7-4-8-12-20)24(44-27(35)19-9-5-3-6-10-19)21(43-26)18-42-48(40,41)46-47(38,39)17-14-23(33)34/h3-13,16,21,24-26H,2,14-15,17-18H2,1H3,(H4,30,31,33,34,37,38,39,40,41)/p-1/t21-,24+,25?,26-/m1/s1. The normalized spacial score (nSPS) is 21.4. The summed E-state index contributed by atoms with van der Waals surface area (Å²) < 4.78 is 51.9. The molecule has 1 aliphatic heterocycles. The van der Waals surface area contributed by atoms with E-state index >= 15 is 0 Å². The highest BCUT2D eigenvalue weighted by Gasteiger charge is 2.54. The first-order valence-electron chi connectivity index (χ1n) is 14.5. The van der Waals surface area contributed by atoms with Crippen molar-refractivity contribution in [3.05, 3.63) is 94.5 Å². The van der Waals surface area contributed by atoms with Crippen molar-refractivity contribution in [2.24, 2.45) is 0 Å². The molecule has 1 aliphatic rings. The van der Waals surface area contributed by atoms with E-state index in [1.54, 1.807) is 36.4 Å². The second kappa shape index (κ2) is 16.3. The predicted octanol–water partition coefficient (Wildman–Crippen LogP) is 1.36. The third-order valence-electron chi connectivity index (χ3n) is 6.73. The largest absolute Gasteiger partial charge is 0.778 e. The van der Waals surface area contributed by atoms with Crippen molar-refractivity contribution in [2.75, 3.05) is 24.6 Å². The highest BCUT2D eigenvalue weighted by Crippen LogP contribution is 2.55. The highest BCUT2D eigenvalue weighted by atomic mass is 31.3. The summed E-state index contributed by atoms with van der Waals surface area (Å²) in [7, 11) is -10.9. The Kier molecular flexibility index (Phi) is 12.4. The number of nitrogens with zero attached hydrogens (tertiary/aromatic N) is 1. The van der Waals surface area contributed by atoms with E-state index < -0.39 is 82.7 Å². The Morgan fingerprint density at radius 1 is 0.958 bits per heavy atom. The van der Waals surface area contributed by atoms with Gasteiger partial charge in [0.05, 0.1) is 24.2 Å². The molecule has 0 radical (unpaired) electrons. The summed E-state index contributed by atoms with van der Waals surface area (Å²) in [5.74, 6) is -3.00. The molecule has 1 aromatic heterocycles. The molecule has 3 aromatic rings. The fraction of sp³-hybridized carbons (Fsp3) is 0.345. The quantitative estimate of drug-likeness (QED) is 0.108. The number of carboxylic acid groups (broad SMARTS) is 1. The van der Waals surface area contributed by atoms with Crippen LogP contribution in [0.1, 0.15) is 46.7 Å². The van der Waals surface area contributed by atoms with Crippen LogP contribution in [0, 0.1) is 0 Å². The number of benzene rings is 2. The zero-order chi connectivity index (χ0) is 34.9. The van der Waals surface area contributed by atoms with E-state index in [1.807, 2.05) is 6.92 Å². The fourth-order valence-electron chi connectivity index (χ4n) is 4.49. The Balaban J connectivity index is 1.69. The number of hydrogen-bond donors (Lipinski definition) is 3. The zero-order valence-corrected chi connectivity index (χ0v) is 27.2. The van der Waals surface area contributed by atoms with Crippen LogP contribution in [0.25, 0.3) is 0 Å². The number of carboxylic acids is 1. The Morgan fingerprint density at radius 2 is 1.54 bits per heavy atom. The van der Waals surface area contributed by atoms with Gasteiger partial charge in [0, 0.05) is 18.8 Å². The number of aromatic nitrogens is 2. The van der Waals surface area contributed by atoms with E-state index in [9.17, 15) is 38.1 Å². The maximum absolute atomic E-state index is 13.2. The van der Waals surface area contributed by atoms with Crippen molar-refractivity contribution >= 4 is 39.1 Å². The van der Waals surface area contributed by atoms with Crippen molar-refractivity contribution < 1.29 is 66.0 Å². The molecule has 258 valence electrons. The van der Waals surface area contributed by atoms with Crippen molar-refractivity contribution in [1.82, 2.24) is 4.98 Å². The van der Waals surface area contributed by atoms with Gasteiger partial charge in [-0.15, -0.1) is 0 Å². The molecular weight excluding hydrogens is 676 g/mol. The SMILES string of the molecule is CCCNc1cc[n+]([C@@H]2O[C@H](COP(=O)([O-])OP(=O)([O-])CCC(=O)O)[C@H](OC(=O)c3ccccc3)C2OC(=O)c2ccccc2)c(=O)[nH]1. The number of esters is 2. The topological polar surface area (TPSA) is 247 Å². The van der Waals surface area contributed by atoms with Crippen molar-refractivity contribution in [3.8, 4) is 0 Å². The van der Waals surface area contributed by atoms with Crippen molar-refractivity contribution in [2.45, 2.75) is 44.3 Å². The number of hydrogen-bond acceptors (Lipinski definition) is 14. The molecule has 0 aliphatic carbocycles. The lowest BCUT2D eigenvalue weighted by Gasteiger charge is -2.32. The van der Waals surface area contributed by atoms with Crippen LogP contribution in [0.15, 0.2) is 77.7 Å². The van der Waals surface area contributed by atoms with E-state index in [-0.39, 0.29) is 11.1 Å². The molecule has 48 heavy (non-hydrogen) atoms. The lowest BCUT2D eigenvalue weighted by Crippen LogP contribution is -2.58. The number of aromatic amines is 1. The minimum atomic E-state index is -5.69. The Bertz CT molecular complexity index is 1740. The number of phosphoric acid groups is 1. The van der Waals surface area contributed by atoms with Gasteiger partial charge in [-0.2, -0.15) is 14.3 Å². The number of aliphatic carboxylic acids is 1. The molecule has 0 saturated carbocycles. The Labute approximate surface area is 273 Å². The third-order valence-corrected chi connectivity index (χ3v) is 9.76. The van der Waals surface area contributed by atoms with Gasteiger partial charge < -0.3 is 43.5 Å². The van der Waals surface area contributed by atoms with E-state index in [1.165, 1.54) is 36.5 Å². The fourth-order valence-corrected chi connectivity index (χ4v) is 7.02. The second-order valence-electron chi connectivity index (χ2n) is 10.3. The number of nitrogens with one attached hydrogen (secondary N) is 2. The van der Waals surface area contributed by atoms with Gasteiger partial charge >= 0.3 is 23.6 Å². The average Bonchev–Trinajstić information content (AvgIpc) is 3.38. The van der Waals surface area contributed by atoms with Gasteiger partial charge in [-0.1, -0.05) is 43.3 Å². The van der Waals surface area contributed by atoms with E-state index in [0.29, 0.717) is 12.4 Å². The number of anilines is 1. The first-order valence-corrected chi connectivity index (χ1v) is 17.7. The predicted molar refractivity (Wildman–Crippen MR) is 161 cm³/mol. The first kappa shape index (κ1) is 36.6. The van der Waals surface area contributed by atoms with Gasteiger partial charge in [0.15, 0.2) is 11.9 Å². The molecule has 0 bridgehead atoms. The first-order chi connectivity index (χ1) is 22.8. The molecule has 17 nitrogen and oxygen atoms in total. The summed E-state index contributed by atoms with van der Waals surface area (Å²) in [6, 6.07) is 16.8. The number of H-pyrrole nitrogens is 1. The summed E-state index contributed by atoms with van der Waals surface area (Å²) >= 11 is 0. The molecule has 0 amide bonds. The van der Waals surface area contributed by atoms with E-state index in [0.717, 1.165) is 11.0 Å². The maximum atomic E-state index is 13.2. The molecule has 3 N–H and O–H groups in total. The van der Waals surface area contributed by atoms with Gasteiger partial charge in [0.1, 0.15) is 19.9 Å². The summed E-state index contributed by atoms with van der Waals surface area (Å²) in [6.07, 6.45) is -6.36. The number of rotatable bonds is 16. The number of carbonyl (C=O) groups is 3. The maximum Gasteiger partial charge on any atom is 0.499 e. The van der Waals surface area contributed by atoms with Crippen molar-refractivity contribution in [3.63, 3.8) is 0 Å². The highest BCUT2D eigenvalue weighted by molar-refractivity contribution is 7.62. The smallest absolute Gasteiger partial charge is 0.499 e. The number of carbonyl (C=O) groups excluding carboxylic acids is 2. The minimum absolute atomic E-state index is 0.0640. The zero-order valence-electron chi connectivity index (χ0n) is 25.4. The Hall–Kier alpha value is -4.21. The molecule has 0 spiro atoms. The molecule has 4 rings (SSSR count). The molecule has 1 fully saturated rings. The monoisotopic (exact) mass is 708 g/mol. The molecule has 2 heterocycles. The van der Waals surface area contributed by atoms with Crippen LogP contribution < -0.4 is 25.4 Å². The van der Waals surface area contributed by atoms with Crippen LogP contribution in [-0.4, -0.2) is 65.6 Å². The summed E-state index contributed by atoms with van der Waals surface area (Å²) in [5, 5.41) is 11.7. The number of ether oxygens (including phenoxy) is 3. The second-order valence-corrected chi connectivity index (χ2v) is 13.8. The molecular formula is C29H32N3O14P2-. The number of phosphoric ester groups is 1. The van der Waals surface area contributed by atoms with E-state index in [2.05, 4.69) is 14.6 Å². The lowest BCUT2D eigenvalue weighted by molar-refractivity contribution is -0.779. The van der Waals surface area contributed by atoms with Crippen LogP contribution in [0.2, 0.25) is 0 Å². The van der Waals surface area contributed by atoms with Gasteiger partial charge in [-0.25, -0.2) is 9.59 Å².